The monoisotopic (exact) mass is 465 g/mol. The third-order valence-corrected chi connectivity index (χ3v) is 5.88. The smallest absolute Gasteiger partial charge is 0.321 e. The molecule has 0 radical (unpaired) electrons. The van der Waals surface area contributed by atoms with Gasteiger partial charge in [-0.05, 0) is 57.4 Å². The first-order valence-electron chi connectivity index (χ1n) is 10.3. The second-order valence-corrected chi connectivity index (χ2v) is 8.61. The first-order valence-corrected chi connectivity index (χ1v) is 10.7. The number of amides is 1. The van der Waals surface area contributed by atoms with Crippen molar-refractivity contribution < 1.29 is 18.0 Å². The van der Waals surface area contributed by atoms with E-state index in [2.05, 4.69) is 15.5 Å². The number of aryl methyl sites for hydroxylation is 1. The van der Waals surface area contributed by atoms with Crippen LogP contribution in [0.4, 0.5) is 18.9 Å². The van der Waals surface area contributed by atoms with Gasteiger partial charge in [-0.1, -0.05) is 23.7 Å². The highest BCUT2D eigenvalue weighted by Crippen LogP contribution is 2.43. The van der Waals surface area contributed by atoms with Gasteiger partial charge in [-0.3, -0.25) is 14.2 Å². The van der Waals surface area contributed by atoms with Crippen LogP contribution in [-0.4, -0.2) is 25.5 Å². The van der Waals surface area contributed by atoms with Gasteiger partial charge in [-0.25, -0.2) is 0 Å². The lowest BCUT2D eigenvalue weighted by Gasteiger charge is -2.16. The fourth-order valence-corrected chi connectivity index (χ4v) is 3.93. The Kier molecular flexibility index (Phi) is 5.79. The summed E-state index contributed by atoms with van der Waals surface area (Å²) < 4.78 is 42.5. The van der Waals surface area contributed by atoms with Crippen molar-refractivity contribution in [3.63, 3.8) is 0 Å². The van der Waals surface area contributed by atoms with E-state index in [1.165, 1.54) is 4.68 Å². The van der Waals surface area contributed by atoms with E-state index in [0.717, 1.165) is 30.2 Å². The molecule has 4 rings (SSSR count). The van der Waals surface area contributed by atoms with Gasteiger partial charge in [0.25, 0.3) is 0 Å². The normalized spacial score (nSPS) is 15.1. The van der Waals surface area contributed by atoms with Gasteiger partial charge >= 0.3 is 6.18 Å². The predicted molar refractivity (Wildman–Crippen MR) is 115 cm³/mol. The number of anilines is 1. The number of nitrogens with one attached hydrogen (secondary N) is 1. The van der Waals surface area contributed by atoms with Crippen molar-refractivity contribution in [2.75, 3.05) is 5.32 Å². The maximum Gasteiger partial charge on any atom is 0.435 e. The summed E-state index contributed by atoms with van der Waals surface area (Å²) in [6, 6.07) is 7.56. The quantitative estimate of drug-likeness (QED) is 0.523. The summed E-state index contributed by atoms with van der Waals surface area (Å²) in [7, 11) is 0. The predicted octanol–water partition coefficient (Wildman–Crippen LogP) is 5.49. The number of halogens is 4. The second kappa shape index (κ2) is 8.27. The van der Waals surface area contributed by atoms with E-state index >= 15 is 0 Å². The van der Waals surface area contributed by atoms with Crippen molar-refractivity contribution in [1.29, 1.82) is 0 Å². The fourth-order valence-electron chi connectivity index (χ4n) is 3.72. The number of hydrogen-bond acceptors (Lipinski definition) is 3. The molecule has 1 N–H and O–H groups in total. The molecule has 6 nitrogen and oxygen atoms in total. The van der Waals surface area contributed by atoms with Crippen LogP contribution in [0.25, 0.3) is 0 Å². The van der Waals surface area contributed by atoms with Crippen LogP contribution in [0, 0.1) is 13.8 Å². The second-order valence-electron chi connectivity index (χ2n) is 8.17. The molecule has 32 heavy (non-hydrogen) atoms. The fraction of sp³-hybridized carbons (Fsp3) is 0.409. The number of carbonyl (C=O) groups excluding carboxylic acids is 1. The first-order chi connectivity index (χ1) is 15.0. The van der Waals surface area contributed by atoms with E-state index < -0.39 is 23.8 Å². The number of aromatic nitrogens is 4. The van der Waals surface area contributed by atoms with E-state index in [9.17, 15) is 18.0 Å². The van der Waals surface area contributed by atoms with Gasteiger partial charge in [0, 0.05) is 16.6 Å². The minimum atomic E-state index is -4.56. The van der Waals surface area contributed by atoms with Gasteiger partial charge in [-0.2, -0.15) is 23.4 Å². The number of nitrogens with zero attached hydrogens (tertiary/aromatic N) is 4. The molecule has 1 aliphatic rings. The highest BCUT2D eigenvalue weighted by molar-refractivity contribution is 6.30. The van der Waals surface area contributed by atoms with Crippen molar-refractivity contribution >= 4 is 23.2 Å². The van der Waals surface area contributed by atoms with Crippen molar-refractivity contribution in [1.82, 2.24) is 19.6 Å². The SMILES string of the molecule is Cc1nn(Cc2cccc(Cl)c2)c(C)c1NC(=O)C(C)n1nc(C(F)(F)F)cc1C1CC1. The standard InChI is InChI=1S/C22H23ClF3N5O/c1-12-20(13(2)30(28-12)11-15-5-4-6-17(23)9-15)27-21(32)14(3)31-18(16-7-8-16)10-19(29-31)22(24,25)26/h4-6,9-10,14,16H,7-8,11H2,1-3H3,(H,27,32). The number of rotatable bonds is 6. The minimum absolute atomic E-state index is 0.0118. The van der Waals surface area contributed by atoms with Crippen molar-refractivity contribution in [2.24, 2.45) is 0 Å². The number of alkyl halides is 3. The zero-order valence-corrected chi connectivity index (χ0v) is 18.6. The molecular formula is C22H23ClF3N5O. The number of hydrogen-bond donors (Lipinski definition) is 1. The molecule has 2 heterocycles. The molecule has 0 bridgehead atoms. The van der Waals surface area contributed by atoms with Crippen LogP contribution in [0.2, 0.25) is 5.02 Å². The molecule has 1 atom stereocenters. The van der Waals surface area contributed by atoms with E-state index in [4.69, 9.17) is 11.6 Å². The molecule has 1 saturated carbocycles. The van der Waals surface area contributed by atoms with E-state index in [1.54, 1.807) is 24.6 Å². The Labute approximate surface area is 188 Å². The molecular weight excluding hydrogens is 443 g/mol. The summed E-state index contributed by atoms with van der Waals surface area (Å²) in [6.07, 6.45) is -2.96. The van der Waals surface area contributed by atoms with Crippen LogP contribution in [0.5, 0.6) is 0 Å². The zero-order chi connectivity index (χ0) is 23.2. The Morgan fingerprint density at radius 2 is 1.97 bits per heavy atom. The molecule has 10 heteroatoms. The first kappa shape index (κ1) is 22.4. The van der Waals surface area contributed by atoms with Crippen molar-refractivity contribution in [3.05, 3.63) is 63.7 Å². The lowest BCUT2D eigenvalue weighted by atomic mass is 10.2. The van der Waals surface area contributed by atoms with Gasteiger partial charge in [0.15, 0.2) is 5.69 Å². The maximum absolute atomic E-state index is 13.2. The largest absolute Gasteiger partial charge is 0.435 e. The average molecular weight is 466 g/mol. The minimum Gasteiger partial charge on any atom is -0.321 e. The van der Waals surface area contributed by atoms with Crippen molar-refractivity contribution in [3.8, 4) is 0 Å². The molecule has 3 aromatic rings. The molecule has 1 amide bonds. The lowest BCUT2D eigenvalue weighted by Crippen LogP contribution is -2.26. The molecule has 0 aliphatic heterocycles. The lowest BCUT2D eigenvalue weighted by molar-refractivity contribution is -0.141. The summed E-state index contributed by atoms with van der Waals surface area (Å²) in [5.74, 6) is -0.435. The Balaban J connectivity index is 1.56. The molecule has 1 aliphatic carbocycles. The summed E-state index contributed by atoms with van der Waals surface area (Å²) >= 11 is 6.05. The highest BCUT2D eigenvalue weighted by atomic mass is 35.5. The van der Waals surface area contributed by atoms with Gasteiger partial charge < -0.3 is 5.32 Å². The zero-order valence-electron chi connectivity index (χ0n) is 17.9. The van der Waals surface area contributed by atoms with E-state index in [1.807, 2.05) is 25.1 Å². The van der Waals surface area contributed by atoms with Crippen molar-refractivity contribution in [2.45, 2.75) is 58.3 Å². The van der Waals surface area contributed by atoms with Gasteiger partial charge in [0.2, 0.25) is 5.91 Å². The molecule has 2 aromatic heterocycles. The number of carbonyl (C=O) groups is 1. The molecule has 170 valence electrons. The van der Waals surface area contributed by atoms with E-state index in [0.29, 0.717) is 28.6 Å². The Morgan fingerprint density at radius 1 is 1.25 bits per heavy atom. The van der Waals surface area contributed by atoms with Crippen LogP contribution in [0.15, 0.2) is 30.3 Å². The van der Waals surface area contributed by atoms with Crippen LogP contribution in [0.3, 0.4) is 0 Å². The van der Waals surface area contributed by atoms with Crippen LogP contribution >= 0.6 is 11.6 Å². The third kappa shape index (κ3) is 4.53. The third-order valence-electron chi connectivity index (χ3n) is 5.65. The van der Waals surface area contributed by atoms with Crippen LogP contribution in [0.1, 0.15) is 60.1 Å². The average Bonchev–Trinajstić information content (AvgIpc) is 3.40. The Hall–Kier alpha value is -2.81. The highest BCUT2D eigenvalue weighted by Gasteiger charge is 2.39. The molecule has 0 saturated heterocycles. The topological polar surface area (TPSA) is 64.7 Å². The van der Waals surface area contributed by atoms with Gasteiger partial charge in [0.1, 0.15) is 6.04 Å². The molecule has 1 unspecified atom stereocenters. The van der Waals surface area contributed by atoms with Gasteiger partial charge in [0.05, 0.1) is 23.6 Å². The molecule has 1 aromatic carbocycles. The number of benzene rings is 1. The summed E-state index contributed by atoms with van der Waals surface area (Å²) in [5, 5.41) is 11.7. The van der Waals surface area contributed by atoms with Crippen LogP contribution < -0.4 is 5.32 Å². The summed E-state index contributed by atoms with van der Waals surface area (Å²) in [6.45, 7) is 5.62. The maximum atomic E-state index is 13.2. The van der Waals surface area contributed by atoms with Gasteiger partial charge in [-0.15, -0.1) is 0 Å². The molecule has 0 spiro atoms. The summed E-state index contributed by atoms with van der Waals surface area (Å²) in [5.41, 5.74) is 2.33. The molecule has 1 fully saturated rings. The summed E-state index contributed by atoms with van der Waals surface area (Å²) in [4.78, 5) is 13.0. The Morgan fingerprint density at radius 3 is 2.59 bits per heavy atom. The van der Waals surface area contributed by atoms with Crippen LogP contribution in [-0.2, 0) is 17.5 Å². The van der Waals surface area contributed by atoms with E-state index in [-0.39, 0.29) is 5.92 Å². The Bertz CT molecular complexity index is 1160.